The zero-order valence-corrected chi connectivity index (χ0v) is 14.1. The minimum absolute atomic E-state index is 0.0957. The van der Waals surface area contributed by atoms with E-state index in [1.807, 2.05) is 5.38 Å². The third kappa shape index (κ3) is 4.10. The van der Waals surface area contributed by atoms with E-state index in [9.17, 15) is 9.59 Å². The molecular formula is C16H22N2O4S. The summed E-state index contributed by atoms with van der Waals surface area (Å²) in [6.07, 6.45) is 2.20. The number of nitrogens with one attached hydrogen (secondary N) is 1. The molecule has 1 saturated heterocycles. The van der Waals surface area contributed by atoms with Crippen LogP contribution in [0.1, 0.15) is 41.6 Å². The molecule has 0 unspecified atom stereocenters. The lowest BCUT2D eigenvalue weighted by molar-refractivity contribution is -0.118. The molecule has 0 aromatic carbocycles. The van der Waals surface area contributed by atoms with Crippen LogP contribution in [0.25, 0.3) is 0 Å². The van der Waals surface area contributed by atoms with Crippen molar-refractivity contribution >= 4 is 28.2 Å². The summed E-state index contributed by atoms with van der Waals surface area (Å²) in [7, 11) is 0. The van der Waals surface area contributed by atoms with E-state index < -0.39 is 0 Å². The van der Waals surface area contributed by atoms with Crippen LogP contribution in [-0.2, 0) is 14.3 Å². The number of thiophene rings is 1. The van der Waals surface area contributed by atoms with Gasteiger partial charge in [0.15, 0.2) is 0 Å². The molecule has 0 bridgehead atoms. The molecule has 7 heteroatoms. The van der Waals surface area contributed by atoms with Gasteiger partial charge in [-0.25, -0.2) is 4.79 Å². The second-order valence-corrected chi connectivity index (χ2v) is 6.71. The van der Waals surface area contributed by atoms with Crippen molar-refractivity contribution in [3.63, 3.8) is 0 Å². The fourth-order valence-electron chi connectivity index (χ4n) is 2.70. The van der Waals surface area contributed by atoms with E-state index in [4.69, 9.17) is 9.47 Å². The fraction of sp³-hybridized carbons (Fsp3) is 0.625. The number of ether oxygens (including phenoxy) is 2. The van der Waals surface area contributed by atoms with Crippen LogP contribution in [0.5, 0.6) is 0 Å². The number of hydrogen-bond donors (Lipinski definition) is 1. The third-order valence-electron chi connectivity index (χ3n) is 4.04. The van der Waals surface area contributed by atoms with Gasteiger partial charge in [0.25, 0.3) is 0 Å². The predicted molar refractivity (Wildman–Crippen MR) is 88.1 cm³/mol. The van der Waals surface area contributed by atoms with E-state index in [0.29, 0.717) is 42.8 Å². The molecule has 1 amide bonds. The monoisotopic (exact) mass is 338 g/mol. The Balaban J connectivity index is 1.68. The SMILES string of the molecule is CCOC(=O)c1c(C2CC2)csc1NC(=O)CN1CCOCC1. The van der Waals surface area contributed by atoms with Gasteiger partial charge in [-0.3, -0.25) is 9.69 Å². The number of rotatable bonds is 6. The van der Waals surface area contributed by atoms with Crippen molar-refractivity contribution < 1.29 is 19.1 Å². The van der Waals surface area contributed by atoms with E-state index in [0.717, 1.165) is 31.5 Å². The van der Waals surface area contributed by atoms with Gasteiger partial charge in [0.2, 0.25) is 5.91 Å². The van der Waals surface area contributed by atoms with Crippen molar-refractivity contribution in [1.82, 2.24) is 4.90 Å². The van der Waals surface area contributed by atoms with Crippen LogP contribution < -0.4 is 5.32 Å². The first-order chi connectivity index (χ1) is 11.2. The van der Waals surface area contributed by atoms with Crippen LogP contribution in [0.3, 0.4) is 0 Å². The van der Waals surface area contributed by atoms with Crippen molar-refractivity contribution in [3.05, 3.63) is 16.5 Å². The highest BCUT2D eigenvalue weighted by atomic mass is 32.1. The number of amides is 1. The topological polar surface area (TPSA) is 67.9 Å². The highest BCUT2D eigenvalue weighted by Gasteiger charge is 2.32. The summed E-state index contributed by atoms with van der Waals surface area (Å²) in [5.74, 6) is 0.00881. The first kappa shape index (κ1) is 16.4. The van der Waals surface area contributed by atoms with Gasteiger partial charge in [-0.05, 0) is 36.6 Å². The molecule has 0 spiro atoms. The van der Waals surface area contributed by atoms with Crippen molar-refractivity contribution in [3.8, 4) is 0 Å². The van der Waals surface area contributed by atoms with Gasteiger partial charge in [0, 0.05) is 13.1 Å². The standard InChI is InChI=1S/C16H22N2O4S/c1-2-22-16(20)14-12(11-3-4-11)10-23-15(14)17-13(19)9-18-5-7-21-8-6-18/h10-11H,2-9H2,1H3,(H,17,19). The van der Waals surface area contributed by atoms with Crippen molar-refractivity contribution in [2.45, 2.75) is 25.7 Å². The predicted octanol–water partition coefficient (Wildman–Crippen LogP) is 2.07. The maximum atomic E-state index is 12.3. The number of morpholine rings is 1. The molecule has 126 valence electrons. The smallest absolute Gasteiger partial charge is 0.341 e. The van der Waals surface area contributed by atoms with Gasteiger partial charge < -0.3 is 14.8 Å². The maximum absolute atomic E-state index is 12.3. The second-order valence-electron chi connectivity index (χ2n) is 5.83. The van der Waals surface area contributed by atoms with Crippen LogP contribution >= 0.6 is 11.3 Å². The maximum Gasteiger partial charge on any atom is 0.341 e. The van der Waals surface area contributed by atoms with Crippen LogP contribution in [0.15, 0.2) is 5.38 Å². The largest absolute Gasteiger partial charge is 0.462 e. The van der Waals surface area contributed by atoms with Crippen LogP contribution in [0.2, 0.25) is 0 Å². The number of carbonyl (C=O) groups is 2. The molecule has 1 aromatic rings. The average molecular weight is 338 g/mol. The molecule has 1 aromatic heterocycles. The van der Waals surface area contributed by atoms with E-state index >= 15 is 0 Å². The molecule has 0 radical (unpaired) electrons. The Bertz CT molecular complexity index is 577. The van der Waals surface area contributed by atoms with Crippen molar-refractivity contribution in [1.29, 1.82) is 0 Å². The summed E-state index contributed by atoms with van der Waals surface area (Å²) in [5, 5.41) is 5.49. The van der Waals surface area contributed by atoms with E-state index in [1.165, 1.54) is 11.3 Å². The summed E-state index contributed by atoms with van der Waals surface area (Å²) >= 11 is 1.41. The van der Waals surface area contributed by atoms with Crippen LogP contribution in [0.4, 0.5) is 5.00 Å². The van der Waals surface area contributed by atoms with Gasteiger partial charge in [-0.2, -0.15) is 0 Å². The first-order valence-electron chi connectivity index (χ1n) is 8.07. The molecule has 2 heterocycles. The molecule has 0 atom stereocenters. The Morgan fingerprint density at radius 3 is 2.78 bits per heavy atom. The minimum atomic E-state index is -0.336. The molecule has 3 rings (SSSR count). The highest BCUT2D eigenvalue weighted by molar-refractivity contribution is 7.15. The Morgan fingerprint density at radius 1 is 1.39 bits per heavy atom. The number of nitrogens with zero attached hydrogens (tertiary/aromatic N) is 1. The van der Waals surface area contributed by atoms with Crippen LogP contribution in [-0.4, -0.2) is 56.2 Å². The zero-order chi connectivity index (χ0) is 16.2. The molecule has 2 aliphatic rings. The zero-order valence-electron chi connectivity index (χ0n) is 13.3. The molecule has 6 nitrogen and oxygen atoms in total. The van der Waals surface area contributed by atoms with Gasteiger partial charge in [0.05, 0.1) is 31.9 Å². The van der Waals surface area contributed by atoms with Gasteiger partial charge >= 0.3 is 5.97 Å². The summed E-state index contributed by atoms with van der Waals surface area (Å²) in [5.41, 5.74) is 1.57. The molecule has 2 fully saturated rings. The quantitative estimate of drug-likeness (QED) is 0.804. The molecule has 1 N–H and O–H groups in total. The Morgan fingerprint density at radius 2 is 2.13 bits per heavy atom. The number of esters is 1. The summed E-state index contributed by atoms with van der Waals surface area (Å²) in [6, 6.07) is 0. The highest BCUT2D eigenvalue weighted by Crippen LogP contribution is 2.46. The Hall–Kier alpha value is -1.44. The van der Waals surface area contributed by atoms with Crippen molar-refractivity contribution in [2.75, 3.05) is 44.8 Å². The molecule has 23 heavy (non-hydrogen) atoms. The van der Waals surface area contributed by atoms with Gasteiger partial charge in [-0.1, -0.05) is 0 Å². The fourth-order valence-corrected chi connectivity index (χ4v) is 3.75. The summed E-state index contributed by atoms with van der Waals surface area (Å²) in [4.78, 5) is 26.6. The normalized spacial score (nSPS) is 18.7. The molecule has 1 aliphatic heterocycles. The third-order valence-corrected chi connectivity index (χ3v) is 4.95. The lowest BCUT2D eigenvalue weighted by Crippen LogP contribution is -2.41. The number of carbonyl (C=O) groups excluding carboxylic acids is 2. The Kier molecular flexibility index (Phi) is 5.30. The van der Waals surface area contributed by atoms with Crippen LogP contribution in [0, 0.1) is 0 Å². The summed E-state index contributed by atoms with van der Waals surface area (Å²) < 4.78 is 10.4. The summed E-state index contributed by atoms with van der Waals surface area (Å²) in [6.45, 7) is 5.28. The molecule has 1 aliphatic carbocycles. The van der Waals surface area contributed by atoms with Crippen molar-refractivity contribution in [2.24, 2.45) is 0 Å². The Labute approximate surface area is 139 Å². The van der Waals surface area contributed by atoms with E-state index in [-0.39, 0.29) is 11.9 Å². The second kappa shape index (κ2) is 7.42. The average Bonchev–Trinajstić information content (AvgIpc) is 3.30. The molecular weight excluding hydrogens is 316 g/mol. The van der Waals surface area contributed by atoms with E-state index in [1.54, 1.807) is 6.92 Å². The molecule has 1 saturated carbocycles. The van der Waals surface area contributed by atoms with Gasteiger partial charge in [0.1, 0.15) is 5.00 Å². The van der Waals surface area contributed by atoms with E-state index in [2.05, 4.69) is 10.2 Å². The lowest BCUT2D eigenvalue weighted by atomic mass is 10.1. The number of hydrogen-bond acceptors (Lipinski definition) is 6. The first-order valence-corrected chi connectivity index (χ1v) is 8.95. The minimum Gasteiger partial charge on any atom is -0.462 e. The lowest BCUT2D eigenvalue weighted by Gasteiger charge is -2.25. The van der Waals surface area contributed by atoms with Gasteiger partial charge in [-0.15, -0.1) is 11.3 Å². The number of anilines is 1.